The molecule has 4 aromatic rings. The van der Waals surface area contributed by atoms with Crippen molar-refractivity contribution in [1.29, 1.82) is 0 Å². The molecule has 31 heavy (non-hydrogen) atoms. The first-order valence-electron chi connectivity index (χ1n) is 11.0. The van der Waals surface area contributed by atoms with Gasteiger partial charge in [0.2, 0.25) is 5.95 Å². The van der Waals surface area contributed by atoms with Gasteiger partial charge in [0.25, 0.3) is 0 Å². The molecule has 1 atom stereocenters. The predicted molar refractivity (Wildman–Crippen MR) is 121 cm³/mol. The molecule has 2 fully saturated rings. The van der Waals surface area contributed by atoms with Crippen LogP contribution in [0.15, 0.2) is 54.7 Å². The maximum absolute atomic E-state index is 4.78. The van der Waals surface area contributed by atoms with Gasteiger partial charge in [-0.15, -0.1) is 5.10 Å². The van der Waals surface area contributed by atoms with Gasteiger partial charge in [-0.05, 0) is 37.0 Å². The van der Waals surface area contributed by atoms with Crippen LogP contribution in [0, 0.1) is 0 Å². The van der Waals surface area contributed by atoms with E-state index < -0.39 is 0 Å². The second kappa shape index (κ2) is 7.70. The van der Waals surface area contributed by atoms with Crippen molar-refractivity contribution in [2.24, 2.45) is 0 Å². The van der Waals surface area contributed by atoms with E-state index in [1.165, 1.54) is 24.1 Å². The Morgan fingerprint density at radius 1 is 1.06 bits per heavy atom. The minimum Gasteiger partial charge on any atom is -0.349 e. The van der Waals surface area contributed by atoms with E-state index in [9.17, 15) is 0 Å². The maximum atomic E-state index is 4.78. The number of H-pyrrole nitrogens is 1. The van der Waals surface area contributed by atoms with Crippen LogP contribution in [0.1, 0.15) is 36.4 Å². The molecule has 1 aliphatic heterocycles. The Morgan fingerprint density at radius 2 is 1.97 bits per heavy atom. The molecule has 158 valence electrons. The zero-order chi connectivity index (χ0) is 20.6. The van der Waals surface area contributed by atoms with Crippen molar-refractivity contribution in [2.75, 3.05) is 23.7 Å². The van der Waals surface area contributed by atoms with E-state index in [0.717, 1.165) is 43.2 Å². The van der Waals surface area contributed by atoms with Crippen LogP contribution in [0.5, 0.6) is 0 Å². The summed E-state index contributed by atoms with van der Waals surface area (Å²) >= 11 is 0. The van der Waals surface area contributed by atoms with Gasteiger partial charge < -0.3 is 10.6 Å². The fourth-order valence-electron chi connectivity index (χ4n) is 4.33. The van der Waals surface area contributed by atoms with Crippen molar-refractivity contribution in [3.05, 3.63) is 66.0 Å². The van der Waals surface area contributed by atoms with Crippen LogP contribution in [-0.4, -0.2) is 48.8 Å². The number of benzene rings is 1. The minimum atomic E-state index is 0.330. The highest BCUT2D eigenvalue weighted by molar-refractivity contribution is 5.73. The average Bonchev–Trinajstić information content (AvgIpc) is 3.13. The number of hydrogen-bond donors (Lipinski definition) is 3. The molecule has 8 heteroatoms. The van der Waals surface area contributed by atoms with Crippen LogP contribution in [0.25, 0.3) is 5.52 Å². The largest absolute Gasteiger partial charge is 0.349 e. The highest BCUT2D eigenvalue weighted by atomic mass is 15.3. The average molecular weight is 415 g/mol. The van der Waals surface area contributed by atoms with E-state index in [4.69, 9.17) is 4.98 Å². The summed E-state index contributed by atoms with van der Waals surface area (Å²) < 4.78 is 1.86. The Balaban J connectivity index is 1.17. The van der Waals surface area contributed by atoms with E-state index in [2.05, 4.69) is 67.2 Å². The molecule has 0 radical (unpaired) electrons. The number of hydrogen-bond acceptors (Lipinski definition) is 6. The summed E-state index contributed by atoms with van der Waals surface area (Å²) in [6.45, 7) is 3.03. The Labute approximate surface area is 180 Å². The van der Waals surface area contributed by atoms with Gasteiger partial charge in [0.15, 0.2) is 11.6 Å². The van der Waals surface area contributed by atoms with Gasteiger partial charge in [-0.1, -0.05) is 30.3 Å². The topological polar surface area (TPSA) is 86.2 Å². The lowest BCUT2D eigenvalue weighted by molar-refractivity contribution is 0.328. The van der Waals surface area contributed by atoms with Crippen molar-refractivity contribution in [2.45, 2.75) is 37.8 Å². The highest BCUT2D eigenvalue weighted by Crippen LogP contribution is 2.39. The number of likely N-dealkylation sites (tertiary alicyclic amines) is 1. The molecule has 2 aliphatic rings. The quantitative estimate of drug-likeness (QED) is 0.427. The Bertz CT molecular complexity index is 1180. The summed E-state index contributed by atoms with van der Waals surface area (Å²) in [6.07, 6.45) is 5.51. The molecule has 0 bridgehead atoms. The van der Waals surface area contributed by atoms with Gasteiger partial charge in [-0.3, -0.25) is 10.00 Å². The highest BCUT2D eigenvalue weighted by Gasteiger charge is 2.26. The zero-order valence-electron chi connectivity index (χ0n) is 17.3. The SMILES string of the molecule is c1ccc(CN2CC[C@@H](Nc3nc(Nc4cc(C5CC5)[nH]n4)c4cccn4n3)C2)cc1. The smallest absolute Gasteiger partial charge is 0.243 e. The lowest BCUT2D eigenvalue weighted by atomic mass is 10.2. The van der Waals surface area contributed by atoms with E-state index in [0.29, 0.717) is 17.9 Å². The third-order valence-corrected chi connectivity index (χ3v) is 6.11. The van der Waals surface area contributed by atoms with E-state index >= 15 is 0 Å². The summed E-state index contributed by atoms with van der Waals surface area (Å²) in [5.74, 6) is 2.83. The number of nitrogens with one attached hydrogen (secondary N) is 3. The van der Waals surface area contributed by atoms with Gasteiger partial charge in [-0.2, -0.15) is 10.1 Å². The van der Waals surface area contributed by atoms with Gasteiger partial charge >= 0.3 is 0 Å². The standard InChI is InChI=1S/C23H26N8/c1-2-5-16(6-3-1)14-30-12-10-18(15-30)24-23-26-22(20-7-4-11-31(20)29-23)25-21-13-19(27-28-21)17-8-9-17/h1-7,11,13,17-18H,8-10,12,14-15H2,(H3,24,25,26,27,28,29)/t18-/m1/s1. The Kier molecular flexibility index (Phi) is 4.57. The van der Waals surface area contributed by atoms with Crippen molar-refractivity contribution in [3.8, 4) is 0 Å². The molecule has 8 nitrogen and oxygen atoms in total. The monoisotopic (exact) mass is 414 g/mol. The van der Waals surface area contributed by atoms with Crippen LogP contribution in [0.3, 0.4) is 0 Å². The third-order valence-electron chi connectivity index (χ3n) is 6.11. The summed E-state index contributed by atoms with van der Waals surface area (Å²) in [7, 11) is 0. The summed E-state index contributed by atoms with van der Waals surface area (Å²) in [6, 6.07) is 17.0. The number of rotatable bonds is 7. The molecule has 1 aromatic carbocycles. The van der Waals surface area contributed by atoms with Gasteiger partial charge in [-0.25, -0.2) is 4.52 Å². The molecular formula is C23H26N8. The molecule has 1 saturated heterocycles. The molecule has 0 unspecified atom stereocenters. The molecule has 0 amide bonds. The number of fused-ring (bicyclic) bond motifs is 1. The van der Waals surface area contributed by atoms with E-state index in [1.807, 2.05) is 22.8 Å². The van der Waals surface area contributed by atoms with E-state index in [1.54, 1.807) is 0 Å². The van der Waals surface area contributed by atoms with Crippen molar-refractivity contribution < 1.29 is 0 Å². The molecule has 4 heterocycles. The van der Waals surface area contributed by atoms with Gasteiger partial charge in [0.05, 0.1) is 0 Å². The molecule has 1 saturated carbocycles. The second-order valence-corrected chi connectivity index (χ2v) is 8.58. The van der Waals surface area contributed by atoms with Crippen LogP contribution in [0.4, 0.5) is 17.6 Å². The van der Waals surface area contributed by atoms with E-state index in [-0.39, 0.29) is 0 Å². The van der Waals surface area contributed by atoms with Crippen molar-refractivity contribution >= 4 is 23.1 Å². The number of aromatic nitrogens is 5. The fraction of sp³-hybridized carbons (Fsp3) is 0.348. The fourth-order valence-corrected chi connectivity index (χ4v) is 4.33. The van der Waals surface area contributed by atoms with Crippen LogP contribution < -0.4 is 10.6 Å². The van der Waals surface area contributed by atoms with Gasteiger partial charge in [0, 0.05) is 49.6 Å². The molecule has 3 N–H and O–H groups in total. The molecule has 3 aromatic heterocycles. The maximum Gasteiger partial charge on any atom is 0.243 e. The second-order valence-electron chi connectivity index (χ2n) is 8.58. The third kappa shape index (κ3) is 3.98. The van der Waals surface area contributed by atoms with Crippen LogP contribution in [0.2, 0.25) is 0 Å². The summed E-state index contributed by atoms with van der Waals surface area (Å²) in [4.78, 5) is 7.26. The normalized spacial score (nSPS) is 19.2. The first-order valence-corrected chi connectivity index (χ1v) is 11.0. The number of anilines is 3. The lowest BCUT2D eigenvalue weighted by Crippen LogP contribution is -2.27. The Hall–Kier alpha value is -3.39. The predicted octanol–water partition coefficient (Wildman–Crippen LogP) is 3.76. The zero-order valence-corrected chi connectivity index (χ0v) is 17.3. The number of aromatic amines is 1. The van der Waals surface area contributed by atoms with Crippen LogP contribution >= 0.6 is 0 Å². The van der Waals surface area contributed by atoms with Crippen LogP contribution in [-0.2, 0) is 6.54 Å². The summed E-state index contributed by atoms with van der Waals surface area (Å²) in [5.41, 5.74) is 3.48. The Morgan fingerprint density at radius 3 is 2.84 bits per heavy atom. The molecule has 1 aliphatic carbocycles. The molecule has 6 rings (SSSR count). The van der Waals surface area contributed by atoms with Crippen molar-refractivity contribution in [1.82, 2.24) is 29.7 Å². The summed E-state index contributed by atoms with van der Waals surface area (Å²) in [5, 5.41) is 19.1. The molecule has 0 spiro atoms. The number of nitrogens with zero attached hydrogens (tertiary/aromatic N) is 5. The molecular weight excluding hydrogens is 388 g/mol. The minimum absolute atomic E-state index is 0.330. The first-order chi connectivity index (χ1) is 15.3. The lowest BCUT2D eigenvalue weighted by Gasteiger charge is -2.17. The van der Waals surface area contributed by atoms with Gasteiger partial charge in [0.1, 0.15) is 5.52 Å². The van der Waals surface area contributed by atoms with Crippen molar-refractivity contribution in [3.63, 3.8) is 0 Å². The first kappa shape index (κ1) is 18.4.